The quantitative estimate of drug-likeness (QED) is 0.809. The number of thioether (sulfide) groups is 1. The lowest BCUT2D eigenvalue weighted by Gasteiger charge is -2.22. The molecule has 1 atom stereocenters. The summed E-state index contributed by atoms with van der Waals surface area (Å²) in [6, 6.07) is 4.88. The molecule has 0 unspecified atom stereocenters. The zero-order valence-corrected chi connectivity index (χ0v) is 15.1. The summed E-state index contributed by atoms with van der Waals surface area (Å²) in [6.07, 6.45) is 0. The molecule has 0 aromatic heterocycles. The van der Waals surface area contributed by atoms with Gasteiger partial charge >= 0.3 is 5.97 Å². The number of benzene rings is 1. The molecule has 0 bridgehead atoms. The van der Waals surface area contributed by atoms with Crippen molar-refractivity contribution in [3.8, 4) is 0 Å². The summed E-state index contributed by atoms with van der Waals surface area (Å²) in [6.45, 7) is 4.16. The van der Waals surface area contributed by atoms with E-state index in [-0.39, 0.29) is 16.3 Å². The van der Waals surface area contributed by atoms with Gasteiger partial charge in [-0.1, -0.05) is 19.9 Å². The zero-order valence-electron chi connectivity index (χ0n) is 13.5. The Morgan fingerprint density at radius 1 is 1.33 bits per heavy atom. The second-order valence-corrected chi connectivity index (χ2v) is 8.18. The first-order valence-electron chi connectivity index (χ1n) is 7.54. The topological polar surface area (TPSA) is 95.0 Å². The van der Waals surface area contributed by atoms with E-state index in [9.17, 15) is 23.1 Å². The number of amides is 1. The van der Waals surface area contributed by atoms with Gasteiger partial charge in [0.1, 0.15) is 6.04 Å². The molecule has 1 amide bonds. The van der Waals surface area contributed by atoms with E-state index in [1.165, 1.54) is 45.2 Å². The second-order valence-electron chi connectivity index (χ2n) is 5.25. The van der Waals surface area contributed by atoms with Gasteiger partial charge in [-0.15, -0.1) is 11.8 Å². The summed E-state index contributed by atoms with van der Waals surface area (Å²) in [5.41, 5.74) is 0.178. The van der Waals surface area contributed by atoms with Crippen molar-refractivity contribution in [2.45, 2.75) is 24.8 Å². The van der Waals surface area contributed by atoms with Crippen molar-refractivity contribution in [3.05, 3.63) is 29.8 Å². The molecule has 0 aliphatic carbocycles. The largest absolute Gasteiger partial charge is 0.480 e. The predicted octanol–water partition coefficient (Wildman–Crippen LogP) is 1.32. The van der Waals surface area contributed by atoms with Gasteiger partial charge in [0.05, 0.1) is 10.8 Å². The third-order valence-electron chi connectivity index (χ3n) is 3.85. The van der Waals surface area contributed by atoms with E-state index in [4.69, 9.17) is 0 Å². The first-order chi connectivity index (χ1) is 11.3. The molecule has 9 heteroatoms. The molecule has 1 aromatic rings. The van der Waals surface area contributed by atoms with E-state index in [0.717, 1.165) is 0 Å². The van der Waals surface area contributed by atoms with Crippen LogP contribution in [-0.4, -0.2) is 65.4 Å². The van der Waals surface area contributed by atoms with E-state index < -0.39 is 27.9 Å². The molecular formula is C15H20N2O5S2. The van der Waals surface area contributed by atoms with Crippen LogP contribution < -0.4 is 0 Å². The first-order valence-corrected chi connectivity index (χ1v) is 10.1. The van der Waals surface area contributed by atoms with E-state index in [1.54, 1.807) is 13.8 Å². The van der Waals surface area contributed by atoms with Crippen molar-refractivity contribution < 1.29 is 23.1 Å². The lowest BCUT2D eigenvalue weighted by Crippen LogP contribution is -2.41. The summed E-state index contributed by atoms with van der Waals surface area (Å²) in [5.74, 6) is -0.911. The van der Waals surface area contributed by atoms with Crippen molar-refractivity contribution in [1.82, 2.24) is 9.21 Å². The van der Waals surface area contributed by atoms with Gasteiger partial charge in [0.15, 0.2) is 0 Å². The third-order valence-corrected chi connectivity index (χ3v) is 6.91. The average molecular weight is 372 g/mol. The highest BCUT2D eigenvalue weighted by Gasteiger charge is 2.35. The van der Waals surface area contributed by atoms with Crippen molar-refractivity contribution in [1.29, 1.82) is 0 Å². The van der Waals surface area contributed by atoms with Crippen LogP contribution in [0.25, 0.3) is 0 Å². The van der Waals surface area contributed by atoms with Crippen LogP contribution in [0.4, 0.5) is 0 Å². The Balaban J connectivity index is 2.34. The minimum atomic E-state index is -3.67. The SMILES string of the molecule is CCN(CC)S(=O)(=O)c1cccc(C(=O)N2CSC[C@@H]2C(=O)O)c1. The van der Waals surface area contributed by atoms with Crippen LogP contribution in [0.1, 0.15) is 24.2 Å². The fourth-order valence-corrected chi connectivity index (χ4v) is 5.16. The normalized spacial score (nSPS) is 18.1. The number of aliphatic carboxylic acids is 1. The fraction of sp³-hybridized carbons (Fsp3) is 0.467. The molecule has 132 valence electrons. The van der Waals surface area contributed by atoms with E-state index >= 15 is 0 Å². The van der Waals surface area contributed by atoms with Crippen LogP contribution in [0.5, 0.6) is 0 Å². The molecule has 0 radical (unpaired) electrons. The van der Waals surface area contributed by atoms with Gasteiger partial charge in [0.2, 0.25) is 10.0 Å². The summed E-state index contributed by atoms with van der Waals surface area (Å²) < 4.78 is 26.4. The van der Waals surface area contributed by atoms with E-state index in [0.29, 0.717) is 18.8 Å². The highest BCUT2D eigenvalue weighted by Crippen LogP contribution is 2.24. The maximum absolute atomic E-state index is 12.6. The predicted molar refractivity (Wildman–Crippen MR) is 91.5 cm³/mol. The molecule has 1 fully saturated rings. The van der Waals surface area contributed by atoms with Crippen LogP contribution >= 0.6 is 11.8 Å². The number of hydrogen-bond donors (Lipinski definition) is 1. The fourth-order valence-electron chi connectivity index (χ4n) is 2.52. The standard InChI is InChI=1S/C15H20N2O5S2/c1-3-16(4-2)24(21,22)12-7-5-6-11(8-12)14(18)17-10-23-9-13(17)15(19)20/h5-8,13H,3-4,9-10H2,1-2H3,(H,19,20)/t13-/m1/s1. The molecule has 1 aromatic carbocycles. The molecule has 0 saturated carbocycles. The Morgan fingerprint density at radius 3 is 2.58 bits per heavy atom. The highest BCUT2D eigenvalue weighted by molar-refractivity contribution is 7.99. The minimum absolute atomic E-state index is 0.0378. The van der Waals surface area contributed by atoms with Crippen molar-refractivity contribution in [2.75, 3.05) is 24.7 Å². The Bertz CT molecular complexity index is 731. The van der Waals surface area contributed by atoms with Gasteiger partial charge < -0.3 is 10.0 Å². The van der Waals surface area contributed by atoms with Crippen molar-refractivity contribution in [2.24, 2.45) is 0 Å². The number of carbonyl (C=O) groups is 2. The smallest absolute Gasteiger partial charge is 0.327 e. The summed E-state index contributed by atoms with van der Waals surface area (Å²) in [7, 11) is -3.67. The molecule has 1 aliphatic heterocycles. The maximum Gasteiger partial charge on any atom is 0.327 e. The Hall–Kier alpha value is -1.58. The molecular weight excluding hydrogens is 352 g/mol. The molecule has 1 N–H and O–H groups in total. The van der Waals surface area contributed by atoms with Gasteiger partial charge in [-0.2, -0.15) is 4.31 Å². The van der Waals surface area contributed by atoms with Crippen LogP contribution in [0.2, 0.25) is 0 Å². The number of carbonyl (C=O) groups excluding carboxylic acids is 1. The maximum atomic E-state index is 12.6. The number of carboxylic acid groups (broad SMARTS) is 1. The van der Waals surface area contributed by atoms with Gasteiger partial charge in [-0.05, 0) is 18.2 Å². The third kappa shape index (κ3) is 3.57. The lowest BCUT2D eigenvalue weighted by molar-refractivity contribution is -0.140. The van der Waals surface area contributed by atoms with Crippen LogP contribution in [0.3, 0.4) is 0 Å². The second kappa shape index (κ2) is 7.54. The Labute approximate surface area is 145 Å². The van der Waals surface area contributed by atoms with Crippen LogP contribution in [-0.2, 0) is 14.8 Å². The Morgan fingerprint density at radius 2 is 2.00 bits per heavy atom. The summed E-state index contributed by atoms with van der Waals surface area (Å²) in [4.78, 5) is 25.1. The van der Waals surface area contributed by atoms with Gasteiger partial charge in [-0.3, -0.25) is 4.79 Å². The highest BCUT2D eigenvalue weighted by atomic mass is 32.2. The van der Waals surface area contributed by atoms with Crippen molar-refractivity contribution >= 4 is 33.7 Å². The Kier molecular flexibility index (Phi) is 5.89. The minimum Gasteiger partial charge on any atom is -0.480 e. The molecule has 0 spiro atoms. The molecule has 2 rings (SSSR count). The summed E-state index contributed by atoms with van der Waals surface area (Å²) in [5, 5.41) is 9.19. The number of rotatable bonds is 6. The van der Waals surface area contributed by atoms with Gasteiger partial charge in [0.25, 0.3) is 5.91 Å². The molecule has 1 saturated heterocycles. The molecule has 1 heterocycles. The van der Waals surface area contributed by atoms with Gasteiger partial charge in [0, 0.05) is 24.4 Å². The zero-order chi connectivity index (χ0) is 17.9. The summed E-state index contributed by atoms with van der Waals surface area (Å²) >= 11 is 1.36. The first kappa shape index (κ1) is 18.8. The van der Waals surface area contributed by atoms with Gasteiger partial charge in [-0.25, -0.2) is 13.2 Å². The van der Waals surface area contributed by atoms with Crippen LogP contribution in [0, 0.1) is 0 Å². The number of carboxylic acids is 1. The van der Waals surface area contributed by atoms with E-state index in [2.05, 4.69) is 0 Å². The van der Waals surface area contributed by atoms with E-state index in [1.807, 2.05) is 0 Å². The lowest BCUT2D eigenvalue weighted by atomic mass is 10.2. The molecule has 24 heavy (non-hydrogen) atoms. The molecule has 1 aliphatic rings. The average Bonchev–Trinajstić information content (AvgIpc) is 3.05. The number of sulfonamides is 1. The van der Waals surface area contributed by atoms with Crippen molar-refractivity contribution in [3.63, 3.8) is 0 Å². The van der Waals surface area contributed by atoms with Crippen LogP contribution in [0.15, 0.2) is 29.2 Å². The number of nitrogens with zero attached hydrogens (tertiary/aromatic N) is 2. The number of hydrogen-bond acceptors (Lipinski definition) is 5. The molecule has 7 nitrogen and oxygen atoms in total. The monoisotopic (exact) mass is 372 g/mol.